The number of rotatable bonds is 2. The number of hydrogen-bond acceptors (Lipinski definition) is 1. The second-order valence-corrected chi connectivity index (χ2v) is 5.29. The lowest BCUT2D eigenvalue weighted by molar-refractivity contribution is 1.25. The van der Waals surface area contributed by atoms with Gasteiger partial charge in [-0.05, 0) is 23.6 Å². The van der Waals surface area contributed by atoms with Crippen molar-refractivity contribution >= 4 is 37.1 Å². The third-order valence-corrected chi connectivity index (χ3v) is 4.43. The molecule has 0 bridgehead atoms. The first kappa shape index (κ1) is 10.5. The Bertz CT molecular complexity index is 704. The smallest absolute Gasteiger partial charge is 0.0430 e. The summed E-state index contributed by atoms with van der Waals surface area (Å²) < 4.78 is 2.74. The first-order chi connectivity index (χ1) is 8.31. The largest absolute Gasteiger partial charge is 0.135 e. The van der Waals surface area contributed by atoms with Gasteiger partial charge in [-0.25, -0.2) is 0 Å². The van der Waals surface area contributed by atoms with Crippen LogP contribution in [0, 0.1) is 0 Å². The topological polar surface area (TPSA) is 0 Å². The molecule has 1 heterocycles. The zero-order chi connectivity index (χ0) is 11.8. The zero-order valence-electron chi connectivity index (χ0n) is 9.86. The van der Waals surface area contributed by atoms with E-state index in [1.165, 1.54) is 31.3 Å². The molecule has 0 nitrogen and oxygen atoms in total. The average molecular weight is 238 g/mol. The first-order valence-electron chi connectivity index (χ1n) is 5.89. The number of fused-ring (bicyclic) bond motifs is 3. The Morgan fingerprint density at radius 3 is 2.65 bits per heavy atom. The van der Waals surface area contributed by atoms with E-state index < -0.39 is 0 Å². The molecule has 1 heteroatoms. The van der Waals surface area contributed by atoms with Crippen molar-refractivity contribution in [2.24, 2.45) is 0 Å². The molecule has 3 aromatic rings. The highest BCUT2D eigenvalue weighted by Crippen LogP contribution is 2.38. The maximum Gasteiger partial charge on any atom is 0.0430 e. The average Bonchev–Trinajstić information content (AvgIpc) is 2.76. The highest BCUT2D eigenvalue weighted by atomic mass is 32.1. The molecule has 0 atom stereocenters. The molecule has 3 rings (SSSR count). The minimum absolute atomic E-state index is 1.01. The van der Waals surface area contributed by atoms with Crippen molar-refractivity contribution in [2.45, 2.75) is 13.3 Å². The summed E-state index contributed by atoms with van der Waals surface area (Å²) in [6.07, 6.45) is 1.01. The summed E-state index contributed by atoms with van der Waals surface area (Å²) in [6.45, 7) is 6.33. The Labute approximate surface area is 105 Å². The fourth-order valence-electron chi connectivity index (χ4n) is 2.22. The van der Waals surface area contributed by atoms with E-state index in [0.29, 0.717) is 0 Å². The summed E-state index contributed by atoms with van der Waals surface area (Å²) >= 11 is 1.87. The van der Waals surface area contributed by atoms with Crippen LogP contribution in [0.4, 0.5) is 0 Å². The van der Waals surface area contributed by atoms with Gasteiger partial charge in [0, 0.05) is 20.2 Å². The van der Waals surface area contributed by atoms with Crippen molar-refractivity contribution in [3.05, 3.63) is 54.6 Å². The second kappa shape index (κ2) is 4.01. The van der Waals surface area contributed by atoms with Gasteiger partial charge in [0.15, 0.2) is 0 Å². The standard InChI is InChI=1S/C16H14S/c1-3-11(2)12-8-6-9-14-13-7-4-5-10-15(13)17-16(12)14/h4-10H,2-3H2,1H3. The van der Waals surface area contributed by atoms with E-state index in [-0.39, 0.29) is 0 Å². The minimum atomic E-state index is 1.01. The van der Waals surface area contributed by atoms with Crippen LogP contribution >= 0.6 is 11.3 Å². The third-order valence-electron chi connectivity index (χ3n) is 3.21. The van der Waals surface area contributed by atoms with E-state index in [9.17, 15) is 0 Å². The van der Waals surface area contributed by atoms with Crippen LogP contribution in [0.1, 0.15) is 18.9 Å². The molecule has 17 heavy (non-hydrogen) atoms. The van der Waals surface area contributed by atoms with Gasteiger partial charge >= 0.3 is 0 Å². The predicted octanol–water partition coefficient (Wildman–Crippen LogP) is 5.48. The quantitative estimate of drug-likeness (QED) is 0.554. The van der Waals surface area contributed by atoms with Gasteiger partial charge < -0.3 is 0 Å². The zero-order valence-corrected chi connectivity index (χ0v) is 10.7. The maximum absolute atomic E-state index is 4.17. The van der Waals surface area contributed by atoms with Gasteiger partial charge in [0.1, 0.15) is 0 Å². The summed E-state index contributed by atoms with van der Waals surface area (Å²) in [7, 11) is 0. The molecule has 0 saturated heterocycles. The summed E-state index contributed by atoms with van der Waals surface area (Å²) in [5, 5.41) is 2.72. The van der Waals surface area contributed by atoms with Crippen molar-refractivity contribution in [3.8, 4) is 0 Å². The lowest BCUT2D eigenvalue weighted by Crippen LogP contribution is -1.80. The molecule has 0 radical (unpaired) electrons. The summed E-state index contributed by atoms with van der Waals surface area (Å²) in [6, 6.07) is 15.1. The molecule has 0 spiro atoms. The van der Waals surface area contributed by atoms with E-state index in [2.05, 4.69) is 56.0 Å². The lowest BCUT2D eigenvalue weighted by atomic mass is 10.0. The maximum atomic E-state index is 4.17. The van der Waals surface area contributed by atoms with E-state index in [1.54, 1.807) is 0 Å². The van der Waals surface area contributed by atoms with Crippen molar-refractivity contribution in [2.75, 3.05) is 0 Å². The summed E-state index contributed by atoms with van der Waals surface area (Å²) in [5.74, 6) is 0. The molecule has 2 aromatic carbocycles. The Morgan fingerprint density at radius 2 is 1.82 bits per heavy atom. The van der Waals surface area contributed by atoms with Crippen molar-refractivity contribution in [1.29, 1.82) is 0 Å². The molecular weight excluding hydrogens is 224 g/mol. The number of benzene rings is 2. The van der Waals surface area contributed by atoms with Gasteiger partial charge in [0.25, 0.3) is 0 Å². The molecule has 0 amide bonds. The van der Waals surface area contributed by atoms with Crippen LogP contribution in [-0.2, 0) is 0 Å². The molecule has 0 saturated carbocycles. The molecule has 0 fully saturated rings. The minimum Gasteiger partial charge on any atom is -0.135 e. The molecule has 0 aliphatic carbocycles. The van der Waals surface area contributed by atoms with Gasteiger partial charge in [-0.2, -0.15) is 0 Å². The van der Waals surface area contributed by atoms with Crippen LogP contribution in [0.25, 0.3) is 25.7 Å². The molecule has 0 aliphatic rings. The van der Waals surface area contributed by atoms with Gasteiger partial charge in [-0.1, -0.05) is 49.9 Å². The number of hydrogen-bond donors (Lipinski definition) is 0. The van der Waals surface area contributed by atoms with Gasteiger partial charge in [-0.3, -0.25) is 0 Å². The third kappa shape index (κ3) is 1.58. The molecule has 84 valence electrons. The van der Waals surface area contributed by atoms with Crippen LogP contribution < -0.4 is 0 Å². The number of thiophene rings is 1. The van der Waals surface area contributed by atoms with Gasteiger partial charge in [0.2, 0.25) is 0 Å². The molecule has 1 aromatic heterocycles. The Kier molecular flexibility index (Phi) is 2.49. The fourth-order valence-corrected chi connectivity index (χ4v) is 3.48. The van der Waals surface area contributed by atoms with E-state index in [1.807, 2.05) is 11.3 Å². The highest BCUT2D eigenvalue weighted by Gasteiger charge is 2.08. The van der Waals surface area contributed by atoms with Crippen LogP contribution in [0.3, 0.4) is 0 Å². The van der Waals surface area contributed by atoms with E-state index in [0.717, 1.165) is 6.42 Å². The Morgan fingerprint density at radius 1 is 1.06 bits per heavy atom. The van der Waals surface area contributed by atoms with Gasteiger partial charge in [-0.15, -0.1) is 11.3 Å². The molecular formula is C16H14S. The monoisotopic (exact) mass is 238 g/mol. The van der Waals surface area contributed by atoms with Crippen molar-refractivity contribution < 1.29 is 0 Å². The van der Waals surface area contributed by atoms with E-state index in [4.69, 9.17) is 0 Å². The fraction of sp³-hybridized carbons (Fsp3) is 0.125. The Balaban J connectivity index is 2.43. The van der Waals surface area contributed by atoms with Crippen LogP contribution in [-0.4, -0.2) is 0 Å². The van der Waals surface area contributed by atoms with Gasteiger partial charge in [0.05, 0.1) is 0 Å². The van der Waals surface area contributed by atoms with Crippen LogP contribution in [0.15, 0.2) is 49.0 Å². The second-order valence-electron chi connectivity index (χ2n) is 4.24. The van der Waals surface area contributed by atoms with Crippen LogP contribution in [0.5, 0.6) is 0 Å². The van der Waals surface area contributed by atoms with Crippen LogP contribution in [0.2, 0.25) is 0 Å². The number of allylic oxidation sites excluding steroid dienone is 1. The summed E-state index contributed by atoms with van der Waals surface area (Å²) in [5.41, 5.74) is 2.54. The summed E-state index contributed by atoms with van der Waals surface area (Å²) in [4.78, 5) is 0. The highest BCUT2D eigenvalue weighted by molar-refractivity contribution is 7.26. The molecule has 0 unspecified atom stereocenters. The lowest BCUT2D eigenvalue weighted by Gasteiger charge is -2.03. The first-order valence-corrected chi connectivity index (χ1v) is 6.71. The predicted molar refractivity (Wildman–Crippen MR) is 78.7 cm³/mol. The Hall–Kier alpha value is -1.60. The van der Waals surface area contributed by atoms with Crippen molar-refractivity contribution in [1.82, 2.24) is 0 Å². The molecule has 0 aliphatic heterocycles. The van der Waals surface area contributed by atoms with Crippen molar-refractivity contribution in [3.63, 3.8) is 0 Å². The molecule has 0 N–H and O–H groups in total. The normalized spacial score (nSPS) is 11.1. The van der Waals surface area contributed by atoms with E-state index >= 15 is 0 Å². The SMILES string of the molecule is C=C(CC)c1cccc2c1sc1ccccc12.